The van der Waals surface area contributed by atoms with Crippen molar-refractivity contribution in [3.8, 4) is 0 Å². The summed E-state index contributed by atoms with van der Waals surface area (Å²) in [5, 5.41) is 9.49. The molecule has 11 heavy (non-hydrogen) atoms. The van der Waals surface area contributed by atoms with Crippen molar-refractivity contribution < 1.29 is 5.11 Å². The van der Waals surface area contributed by atoms with Gasteiger partial charge in [-0.15, -0.1) is 0 Å². The summed E-state index contributed by atoms with van der Waals surface area (Å²) in [6, 6.07) is 1.99. The summed E-state index contributed by atoms with van der Waals surface area (Å²) in [5.41, 5.74) is 2.46. The van der Waals surface area contributed by atoms with Crippen molar-refractivity contribution >= 4 is 0 Å². The van der Waals surface area contributed by atoms with Crippen LogP contribution in [0.25, 0.3) is 0 Å². The van der Waals surface area contributed by atoms with Gasteiger partial charge in [-0.05, 0) is 23.6 Å². The van der Waals surface area contributed by atoms with Crippen LogP contribution in [-0.2, 0) is 6.42 Å². The van der Waals surface area contributed by atoms with Crippen LogP contribution in [0.15, 0.2) is 18.5 Å². The number of hydrogen-bond acceptors (Lipinski definition) is 2. The van der Waals surface area contributed by atoms with E-state index in [2.05, 4.69) is 4.98 Å². The lowest BCUT2D eigenvalue weighted by Crippen LogP contribution is -2.09. The van der Waals surface area contributed by atoms with E-state index >= 15 is 0 Å². The number of rotatable bonds is 0. The highest BCUT2D eigenvalue weighted by molar-refractivity contribution is 5.33. The van der Waals surface area contributed by atoms with Crippen LogP contribution in [0, 0.1) is 0 Å². The first-order chi connectivity index (χ1) is 5.29. The molecule has 2 atom stereocenters. The normalized spacial score (nSPS) is 28.5. The van der Waals surface area contributed by atoms with Gasteiger partial charge in [-0.1, -0.05) is 6.92 Å². The van der Waals surface area contributed by atoms with Crippen molar-refractivity contribution in [2.45, 2.75) is 25.4 Å². The quantitative estimate of drug-likeness (QED) is 0.599. The lowest BCUT2D eigenvalue weighted by molar-refractivity contribution is 0.163. The summed E-state index contributed by atoms with van der Waals surface area (Å²) < 4.78 is 0. The summed E-state index contributed by atoms with van der Waals surface area (Å²) in [6.07, 6.45) is 4.23. The summed E-state index contributed by atoms with van der Waals surface area (Å²) >= 11 is 0. The molecule has 2 heteroatoms. The van der Waals surface area contributed by atoms with Crippen LogP contribution in [0.1, 0.15) is 24.0 Å². The second-order valence-corrected chi connectivity index (χ2v) is 3.13. The molecule has 0 bridgehead atoms. The highest BCUT2D eigenvalue weighted by Gasteiger charge is 2.26. The summed E-state index contributed by atoms with van der Waals surface area (Å²) in [5.74, 6) is 0.263. The van der Waals surface area contributed by atoms with E-state index in [-0.39, 0.29) is 12.0 Å². The number of hydrogen-bond donors (Lipinski definition) is 1. The smallest absolute Gasteiger partial charge is 0.0647 e. The molecule has 0 aliphatic heterocycles. The van der Waals surface area contributed by atoms with E-state index < -0.39 is 0 Å². The maximum absolute atomic E-state index is 9.49. The predicted molar refractivity (Wildman–Crippen MR) is 42.4 cm³/mol. The van der Waals surface area contributed by atoms with Gasteiger partial charge in [-0.25, -0.2) is 0 Å². The van der Waals surface area contributed by atoms with Crippen molar-refractivity contribution in [2.75, 3.05) is 0 Å². The Hall–Kier alpha value is -0.890. The first kappa shape index (κ1) is 6.80. The minimum absolute atomic E-state index is 0.200. The maximum atomic E-state index is 9.49. The Kier molecular flexibility index (Phi) is 1.43. The molecular weight excluding hydrogens is 138 g/mol. The molecule has 1 aromatic rings. The third-order valence-electron chi connectivity index (χ3n) is 2.44. The molecule has 0 unspecified atom stereocenters. The van der Waals surface area contributed by atoms with Gasteiger partial charge in [0.2, 0.25) is 0 Å². The lowest BCUT2D eigenvalue weighted by atomic mass is 10.1. The Bertz CT molecular complexity index is 272. The van der Waals surface area contributed by atoms with E-state index in [1.807, 2.05) is 19.2 Å². The van der Waals surface area contributed by atoms with E-state index in [9.17, 15) is 5.11 Å². The highest BCUT2D eigenvalue weighted by Crippen LogP contribution is 2.31. The van der Waals surface area contributed by atoms with E-state index in [0.29, 0.717) is 0 Å². The largest absolute Gasteiger partial charge is 0.392 e. The number of pyridine rings is 1. The van der Waals surface area contributed by atoms with E-state index in [0.717, 1.165) is 6.42 Å². The molecule has 2 rings (SSSR count). The van der Waals surface area contributed by atoms with Crippen molar-refractivity contribution in [3.05, 3.63) is 29.6 Å². The van der Waals surface area contributed by atoms with Gasteiger partial charge in [0.15, 0.2) is 0 Å². The average Bonchev–Trinajstić information content (AvgIpc) is 2.30. The molecule has 0 amide bonds. The van der Waals surface area contributed by atoms with Gasteiger partial charge in [0, 0.05) is 18.3 Å². The predicted octanol–water partition coefficient (Wildman–Crippen LogP) is 1.10. The first-order valence-corrected chi connectivity index (χ1v) is 3.90. The van der Waals surface area contributed by atoms with E-state index in [1.165, 1.54) is 11.1 Å². The fraction of sp³-hybridized carbons (Fsp3) is 0.444. The lowest BCUT2D eigenvalue weighted by Gasteiger charge is -2.06. The zero-order chi connectivity index (χ0) is 7.84. The molecule has 0 radical (unpaired) electrons. The van der Waals surface area contributed by atoms with Gasteiger partial charge in [-0.2, -0.15) is 0 Å². The average molecular weight is 149 g/mol. The third kappa shape index (κ3) is 0.942. The number of aliphatic hydroxyl groups is 1. The SMILES string of the molecule is C[C@@H]1c2cnccc2C[C@@H]1O. The van der Waals surface area contributed by atoms with Gasteiger partial charge in [0.05, 0.1) is 6.10 Å². The van der Waals surface area contributed by atoms with Crippen molar-refractivity contribution in [3.63, 3.8) is 0 Å². The summed E-state index contributed by atoms with van der Waals surface area (Å²) in [7, 11) is 0. The van der Waals surface area contributed by atoms with E-state index in [4.69, 9.17) is 0 Å². The molecular formula is C9H11NO. The molecule has 1 aliphatic rings. The molecule has 0 aromatic carbocycles. The van der Waals surface area contributed by atoms with Crippen LogP contribution in [0.2, 0.25) is 0 Å². The molecule has 2 nitrogen and oxygen atoms in total. The van der Waals surface area contributed by atoms with E-state index in [1.54, 1.807) is 6.20 Å². The van der Waals surface area contributed by atoms with Crippen LogP contribution in [0.4, 0.5) is 0 Å². The molecule has 0 saturated carbocycles. The standard InChI is InChI=1S/C9H11NO/c1-6-8-5-10-3-2-7(8)4-9(6)11/h2-3,5-6,9,11H,4H2,1H3/t6-,9+/m1/s1. The van der Waals surface area contributed by atoms with Crippen molar-refractivity contribution in [1.29, 1.82) is 0 Å². The number of nitrogens with zero attached hydrogens (tertiary/aromatic N) is 1. The second-order valence-electron chi connectivity index (χ2n) is 3.13. The highest BCUT2D eigenvalue weighted by atomic mass is 16.3. The van der Waals surface area contributed by atoms with Crippen LogP contribution in [0.3, 0.4) is 0 Å². The van der Waals surface area contributed by atoms with Gasteiger partial charge in [0.1, 0.15) is 0 Å². The Morgan fingerprint density at radius 2 is 2.45 bits per heavy atom. The topological polar surface area (TPSA) is 33.1 Å². The number of aromatic nitrogens is 1. The molecule has 1 aromatic heterocycles. The number of fused-ring (bicyclic) bond motifs is 1. The molecule has 0 spiro atoms. The number of aliphatic hydroxyl groups excluding tert-OH is 1. The fourth-order valence-electron chi connectivity index (χ4n) is 1.64. The fourth-order valence-corrected chi connectivity index (χ4v) is 1.64. The van der Waals surface area contributed by atoms with Crippen LogP contribution in [-0.4, -0.2) is 16.2 Å². The maximum Gasteiger partial charge on any atom is 0.0647 e. The van der Waals surface area contributed by atoms with Crippen molar-refractivity contribution in [2.24, 2.45) is 0 Å². The third-order valence-corrected chi connectivity index (χ3v) is 2.44. The Morgan fingerprint density at radius 1 is 1.64 bits per heavy atom. The Labute approximate surface area is 65.9 Å². The summed E-state index contributed by atoms with van der Waals surface area (Å²) in [6.45, 7) is 2.04. The van der Waals surface area contributed by atoms with Gasteiger partial charge >= 0.3 is 0 Å². The minimum atomic E-state index is -0.200. The van der Waals surface area contributed by atoms with Gasteiger partial charge in [-0.3, -0.25) is 4.98 Å². The minimum Gasteiger partial charge on any atom is -0.392 e. The monoisotopic (exact) mass is 149 g/mol. The molecule has 1 N–H and O–H groups in total. The molecule has 0 saturated heterocycles. The second kappa shape index (κ2) is 2.31. The molecule has 1 aliphatic carbocycles. The van der Waals surface area contributed by atoms with Crippen LogP contribution in [0.5, 0.6) is 0 Å². The Balaban J connectivity index is 2.47. The zero-order valence-corrected chi connectivity index (χ0v) is 6.49. The van der Waals surface area contributed by atoms with Crippen LogP contribution < -0.4 is 0 Å². The summed E-state index contributed by atoms with van der Waals surface area (Å²) in [4.78, 5) is 4.03. The molecule has 58 valence electrons. The van der Waals surface area contributed by atoms with Gasteiger partial charge < -0.3 is 5.11 Å². The first-order valence-electron chi connectivity index (χ1n) is 3.90. The van der Waals surface area contributed by atoms with Gasteiger partial charge in [0.25, 0.3) is 0 Å². The molecule has 0 fully saturated rings. The molecule has 1 heterocycles. The van der Waals surface area contributed by atoms with Crippen molar-refractivity contribution in [1.82, 2.24) is 4.98 Å². The van der Waals surface area contributed by atoms with Crippen LogP contribution >= 0.6 is 0 Å². The Morgan fingerprint density at radius 3 is 3.18 bits per heavy atom. The zero-order valence-electron chi connectivity index (χ0n) is 6.49.